The Balaban J connectivity index is 1.29. The summed E-state index contributed by atoms with van der Waals surface area (Å²) in [5, 5.41) is 4.99. The summed E-state index contributed by atoms with van der Waals surface area (Å²) in [6.45, 7) is 3.05. The molecule has 5 heterocycles. The second-order valence-electron chi connectivity index (χ2n) is 14.2. The predicted molar refractivity (Wildman–Crippen MR) is 184 cm³/mol. The molecule has 1 saturated heterocycles. The Morgan fingerprint density at radius 1 is 1.02 bits per heavy atom. The Bertz CT molecular complexity index is 2140. The molecule has 3 atom stereocenters. The van der Waals surface area contributed by atoms with Crippen molar-refractivity contribution in [3.63, 3.8) is 0 Å². The van der Waals surface area contributed by atoms with Crippen molar-refractivity contribution in [1.29, 1.82) is 0 Å². The number of aryl methyl sites for hydroxylation is 2. The van der Waals surface area contributed by atoms with E-state index in [0.717, 1.165) is 17.2 Å². The number of nitrogens with two attached hydrogens (primary N) is 1. The zero-order chi connectivity index (χ0) is 36.9. The van der Waals surface area contributed by atoms with Crippen molar-refractivity contribution in [1.82, 2.24) is 29.6 Å². The van der Waals surface area contributed by atoms with Crippen LogP contribution in [0.4, 0.5) is 13.2 Å². The highest BCUT2D eigenvalue weighted by molar-refractivity contribution is 6.06. The number of primary amides is 1. The first-order valence-corrected chi connectivity index (χ1v) is 17.4. The topological polar surface area (TPSA) is 154 Å². The van der Waals surface area contributed by atoms with Crippen LogP contribution in [-0.2, 0) is 39.9 Å². The maximum atomic E-state index is 14.4. The third-order valence-electron chi connectivity index (χ3n) is 10.7. The van der Waals surface area contributed by atoms with Crippen LogP contribution in [0.3, 0.4) is 0 Å². The average Bonchev–Trinajstić information content (AvgIpc) is 3.50. The number of carbonyl (C=O) groups excluding carboxylic acids is 4. The zero-order valence-corrected chi connectivity index (χ0v) is 28.9. The van der Waals surface area contributed by atoms with Crippen molar-refractivity contribution in [3.8, 4) is 11.1 Å². The van der Waals surface area contributed by atoms with Gasteiger partial charge in [-0.3, -0.25) is 23.9 Å². The number of Topliss-reactive ketones (excluding diaryl/α,β-unsaturated/α-hetero) is 2. The number of hydrogen-bond acceptors (Lipinski definition) is 8. The molecule has 0 spiro atoms. The van der Waals surface area contributed by atoms with Crippen LogP contribution in [0.5, 0.6) is 0 Å². The predicted octanol–water partition coefficient (Wildman–Crippen LogP) is 5.43. The minimum absolute atomic E-state index is 0.00290. The molecule has 3 aliphatic rings. The van der Waals surface area contributed by atoms with Crippen LogP contribution in [-0.4, -0.2) is 65.1 Å². The molecule has 0 radical (unpaired) electrons. The smallest absolute Gasteiger partial charge is 0.364 e. The summed E-state index contributed by atoms with van der Waals surface area (Å²) in [6.07, 6.45) is 6.20. The normalized spacial score (nSPS) is 22.4. The first-order chi connectivity index (χ1) is 24.7. The first kappa shape index (κ1) is 35.1. The zero-order valence-electron chi connectivity index (χ0n) is 28.9. The Kier molecular flexibility index (Phi) is 9.04. The molecule has 2 amide bonds. The molecule has 0 unspecified atom stereocenters. The van der Waals surface area contributed by atoms with Crippen LogP contribution in [0.2, 0.25) is 0 Å². The maximum Gasteiger partial charge on any atom is 0.433 e. The molecule has 270 valence electrons. The lowest BCUT2D eigenvalue weighted by atomic mass is 9.90. The van der Waals surface area contributed by atoms with Gasteiger partial charge < -0.3 is 10.6 Å². The van der Waals surface area contributed by atoms with Gasteiger partial charge in [0.2, 0.25) is 5.91 Å². The van der Waals surface area contributed by atoms with Gasteiger partial charge in [-0.05, 0) is 92.7 Å². The van der Waals surface area contributed by atoms with Gasteiger partial charge in [-0.25, -0.2) is 15.0 Å². The van der Waals surface area contributed by atoms with E-state index in [4.69, 9.17) is 5.73 Å². The Morgan fingerprint density at radius 2 is 1.79 bits per heavy atom. The molecule has 52 heavy (non-hydrogen) atoms. The van der Waals surface area contributed by atoms with Gasteiger partial charge in [0, 0.05) is 42.2 Å². The van der Waals surface area contributed by atoms with E-state index >= 15 is 0 Å². The third kappa shape index (κ3) is 6.73. The number of ketones is 2. The number of halogens is 3. The van der Waals surface area contributed by atoms with Crippen LogP contribution in [0, 0.1) is 19.3 Å². The van der Waals surface area contributed by atoms with Crippen LogP contribution in [0.25, 0.3) is 22.0 Å². The minimum atomic E-state index is -4.68. The van der Waals surface area contributed by atoms with E-state index in [-0.39, 0.29) is 36.2 Å². The number of amides is 2. The molecule has 14 heteroatoms. The fraction of sp³-hybridized carbons (Fsp3) is 0.421. The molecule has 7 rings (SSSR count). The molecule has 3 aromatic heterocycles. The number of carbonyl (C=O) groups is 4. The number of rotatable bonds is 5. The summed E-state index contributed by atoms with van der Waals surface area (Å²) in [5.41, 5.74) is 7.45. The Morgan fingerprint density at radius 3 is 2.52 bits per heavy atom. The molecule has 2 fully saturated rings. The minimum Gasteiger partial charge on any atom is -0.364 e. The van der Waals surface area contributed by atoms with E-state index < -0.39 is 40.9 Å². The number of allylic oxidation sites excluding steroid dienone is 2. The van der Waals surface area contributed by atoms with Gasteiger partial charge in [0.25, 0.3) is 5.91 Å². The van der Waals surface area contributed by atoms with Crippen molar-refractivity contribution in [2.45, 2.75) is 96.4 Å². The van der Waals surface area contributed by atoms with Gasteiger partial charge in [0.05, 0.1) is 23.7 Å². The van der Waals surface area contributed by atoms with Gasteiger partial charge in [-0.2, -0.15) is 18.3 Å². The van der Waals surface area contributed by atoms with Crippen molar-refractivity contribution >= 4 is 34.3 Å². The fourth-order valence-electron chi connectivity index (χ4n) is 7.85. The summed E-state index contributed by atoms with van der Waals surface area (Å²) in [5.74, 6) is -0.914. The van der Waals surface area contributed by atoms with Gasteiger partial charge in [0.15, 0.2) is 11.5 Å². The first-order valence-electron chi connectivity index (χ1n) is 17.4. The molecule has 2 bridgehead atoms. The quantitative estimate of drug-likeness (QED) is 0.269. The highest BCUT2D eigenvalue weighted by Gasteiger charge is 2.66. The van der Waals surface area contributed by atoms with E-state index in [0.29, 0.717) is 79.2 Å². The second kappa shape index (κ2) is 13.4. The number of hydrogen-bond donors (Lipinski definition) is 1. The summed E-state index contributed by atoms with van der Waals surface area (Å²) in [7, 11) is 0. The van der Waals surface area contributed by atoms with Crippen LogP contribution < -0.4 is 5.73 Å². The number of aromatic nitrogens is 5. The summed E-state index contributed by atoms with van der Waals surface area (Å²) in [4.78, 5) is 68.1. The number of piperidine rings is 1. The summed E-state index contributed by atoms with van der Waals surface area (Å²) >= 11 is 0. The number of benzene rings is 1. The number of nitrogens with zero attached hydrogens (tertiary/aromatic N) is 6. The lowest BCUT2D eigenvalue weighted by Gasteiger charge is -2.27. The highest BCUT2D eigenvalue weighted by atomic mass is 19.4. The summed E-state index contributed by atoms with van der Waals surface area (Å²) < 4.78 is 42.0. The SMILES string of the molecule is Cc1ncc(-c2cc3c4c(c2)c(C(N)=O)nn4CC(=O)N2[C@H](C(=O)Cc4nc(C(F)(F)F)ccc4C)C[C@@]4(CCC(=O)CCCC=CC3)C[C@@H]24)cn1. The second-order valence-corrected chi connectivity index (χ2v) is 14.2. The molecule has 4 aromatic rings. The Labute approximate surface area is 297 Å². The third-order valence-corrected chi connectivity index (χ3v) is 10.7. The maximum absolute atomic E-state index is 14.4. The van der Waals surface area contributed by atoms with E-state index in [2.05, 4.69) is 20.1 Å². The van der Waals surface area contributed by atoms with Gasteiger partial charge >= 0.3 is 6.18 Å². The van der Waals surface area contributed by atoms with Crippen LogP contribution in [0.1, 0.15) is 83.8 Å². The van der Waals surface area contributed by atoms with Gasteiger partial charge in [0.1, 0.15) is 23.8 Å². The van der Waals surface area contributed by atoms with Crippen LogP contribution in [0.15, 0.2) is 48.8 Å². The lowest BCUT2D eigenvalue weighted by Crippen LogP contribution is -2.45. The van der Waals surface area contributed by atoms with Crippen molar-refractivity contribution < 1.29 is 32.3 Å². The van der Waals surface area contributed by atoms with Gasteiger partial charge in [-0.1, -0.05) is 18.2 Å². The average molecular weight is 714 g/mol. The van der Waals surface area contributed by atoms with E-state index in [1.807, 2.05) is 18.2 Å². The van der Waals surface area contributed by atoms with E-state index in [1.54, 1.807) is 37.2 Å². The number of alkyl halides is 3. The molecular weight excluding hydrogens is 675 g/mol. The molecule has 11 nitrogen and oxygen atoms in total. The van der Waals surface area contributed by atoms with E-state index in [9.17, 15) is 32.3 Å². The molecule has 1 aromatic carbocycles. The largest absolute Gasteiger partial charge is 0.433 e. The molecular formula is C38H38F3N7O4. The van der Waals surface area contributed by atoms with Gasteiger partial charge in [-0.15, -0.1) is 0 Å². The lowest BCUT2D eigenvalue weighted by molar-refractivity contribution is -0.141. The molecule has 2 aliphatic heterocycles. The highest BCUT2D eigenvalue weighted by Crippen LogP contribution is 2.62. The van der Waals surface area contributed by atoms with Crippen molar-refractivity contribution in [3.05, 3.63) is 82.8 Å². The van der Waals surface area contributed by atoms with Crippen molar-refractivity contribution in [2.24, 2.45) is 11.1 Å². The molecule has 2 N–H and O–H groups in total. The van der Waals surface area contributed by atoms with E-state index in [1.165, 1.54) is 10.7 Å². The van der Waals surface area contributed by atoms with Crippen molar-refractivity contribution in [2.75, 3.05) is 0 Å². The monoisotopic (exact) mass is 713 g/mol. The molecule has 1 saturated carbocycles. The summed E-state index contributed by atoms with van der Waals surface area (Å²) in [6, 6.07) is 4.63. The standard InChI is InChI=1S/C38H38F3N7O4/c1-21-9-10-31(38(39,40)41)45-28(21)15-30(50)29-16-37-12-11-26(49)8-6-4-3-5-7-23-13-24(25-18-43-22(2)44-19-25)14-27-34(36(42)52)46-47(35(23)27)20-33(51)48(29)32(37)17-37/h3,5,9-10,13-14,18-19,29,32H,4,6-8,11-12,15-17,20H2,1-2H3,(H2,42,52)/t29-,32+,37-/m0/s1. The molecule has 1 aliphatic carbocycles. The Hall–Kier alpha value is -5.27. The fourth-order valence-corrected chi connectivity index (χ4v) is 7.85. The number of pyridine rings is 1. The van der Waals surface area contributed by atoms with Crippen LogP contribution >= 0.6 is 0 Å².